The number of aryl methyl sites for hydroxylation is 1. The number of nitrogens with one attached hydrogen (secondary N) is 2. The molecule has 142 valence electrons. The Hall–Kier alpha value is -3.56. The van der Waals surface area contributed by atoms with Crippen LogP contribution in [-0.4, -0.2) is 32.3 Å². The van der Waals surface area contributed by atoms with Gasteiger partial charge in [0.2, 0.25) is 11.8 Å². The average molecular weight is 373 g/mol. The van der Waals surface area contributed by atoms with E-state index in [1.54, 1.807) is 0 Å². The molecule has 1 aromatic heterocycles. The van der Waals surface area contributed by atoms with Crippen LogP contribution in [0.15, 0.2) is 18.2 Å². The number of amides is 2. The van der Waals surface area contributed by atoms with Crippen molar-refractivity contribution in [2.45, 2.75) is 34.2 Å². The monoisotopic (exact) mass is 373 g/mol. The van der Waals surface area contributed by atoms with Crippen LogP contribution < -0.4 is 10.6 Å². The fourth-order valence-corrected chi connectivity index (χ4v) is 2.69. The number of nitrogens with zero attached hydrogens (tertiary/aromatic N) is 3. The predicted octanol–water partition coefficient (Wildman–Crippen LogP) is 2.21. The van der Waals surface area contributed by atoms with Gasteiger partial charge in [0.15, 0.2) is 5.78 Å². The van der Waals surface area contributed by atoms with Crippen molar-refractivity contribution in [3.63, 3.8) is 0 Å². The molecule has 0 aliphatic heterocycles. The van der Waals surface area contributed by atoms with Gasteiger partial charge in [-0.2, -0.15) is 5.10 Å². The largest absolute Gasteiger partial charge is 0.326 e. The van der Waals surface area contributed by atoms with Crippen molar-refractivity contribution >= 4 is 34.7 Å². The molecule has 10 heteroatoms. The third-order valence-corrected chi connectivity index (χ3v) is 3.77. The molecule has 2 amide bonds. The topological polar surface area (TPSA) is 136 Å². The molecule has 0 atom stereocenters. The summed E-state index contributed by atoms with van der Waals surface area (Å²) in [6.45, 7) is 5.42. The number of rotatable bonds is 6. The first-order valence-electron chi connectivity index (χ1n) is 8.01. The average Bonchev–Trinajstić information content (AvgIpc) is 2.80. The lowest BCUT2D eigenvalue weighted by Crippen LogP contribution is -2.17. The summed E-state index contributed by atoms with van der Waals surface area (Å²) < 4.78 is 1.26. The maximum Gasteiger partial charge on any atom is 0.312 e. The summed E-state index contributed by atoms with van der Waals surface area (Å²) >= 11 is 0. The van der Waals surface area contributed by atoms with Gasteiger partial charge in [0.1, 0.15) is 17.9 Å². The lowest BCUT2D eigenvalue weighted by molar-refractivity contribution is -0.386. The third-order valence-electron chi connectivity index (χ3n) is 3.77. The number of hydrogen-bond acceptors (Lipinski definition) is 6. The van der Waals surface area contributed by atoms with Gasteiger partial charge in [0, 0.05) is 25.1 Å². The molecule has 2 N–H and O–H groups in total. The lowest BCUT2D eigenvalue weighted by atomic mass is 10.1. The van der Waals surface area contributed by atoms with Gasteiger partial charge >= 0.3 is 5.69 Å². The summed E-state index contributed by atoms with van der Waals surface area (Å²) in [5.41, 5.74) is 1.20. The first-order chi connectivity index (χ1) is 12.6. The summed E-state index contributed by atoms with van der Waals surface area (Å²) in [6, 6.07) is 4.47. The molecular formula is C17H19N5O5. The van der Waals surface area contributed by atoms with E-state index in [1.807, 2.05) is 0 Å². The van der Waals surface area contributed by atoms with Crippen LogP contribution in [0.3, 0.4) is 0 Å². The highest BCUT2D eigenvalue weighted by Gasteiger charge is 2.24. The smallest absolute Gasteiger partial charge is 0.312 e. The maximum absolute atomic E-state index is 12.7. The maximum atomic E-state index is 12.7. The molecule has 10 nitrogen and oxygen atoms in total. The van der Waals surface area contributed by atoms with Crippen molar-refractivity contribution in [3.05, 3.63) is 45.3 Å². The molecule has 2 rings (SSSR count). The normalized spacial score (nSPS) is 10.4. The van der Waals surface area contributed by atoms with Crippen LogP contribution >= 0.6 is 0 Å². The highest BCUT2D eigenvalue weighted by molar-refractivity contribution is 6.05. The summed E-state index contributed by atoms with van der Waals surface area (Å²) in [4.78, 5) is 45.9. The Morgan fingerprint density at radius 3 is 2.30 bits per heavy atom. The van der Waals surface area contributed by atoms with E-state index in [9.17, 15) is 24.5 Å². The highest BCUT2D eigenvalue weighted by atomic mass is 16.6. The number of Topliss-reactive ketones (excluding diaryl/α,β-unsaturated/α-hetero) is 1. The first kappa shape index (κ1) is 19.8. The molecule has 0 saturated carbocycles. The van der Waals surface area contributed by atoms with Crippen LogP contribution in [0.5, 0.6) is 0 Å². The van der Waals surface area contributed by atoms with E-state index < -0.39 is 10.7 Å². The van der Waals surface area contributed by atoms with Crippen molar-refractivity contribution in [2.75, 3.05) is 10.6 Å². The number of ketones is 1. The first-order valence-corrected chi connectivity index (χ1v) is 8.01. The van der Waals surface area contributed by atoms with Gasteiger partial charge in [-0.3, -0.25) is 29.2 Å². The fraction of sp³-hybridized carbons (Fsp3) is 0.294. The lowest BCUT2D eigenvalue weighted by Gasteiger charge is -2.12. The van der Waals surface area contributed by atoms with E-state index in [0.29, 0.717) is 5.69 Å². The van der Waals surface area contributed by atoms with Crippen LogP contribution in [0.25, 0.3) is 0 Å². The number of anilines is 2. The van der Waals surface area contributed by atoms with Crippen molar-refractivity contribution < 1.29 is 19.3 Å². The van der Waals surface area contributed by atoms with E-state index in [1.165, 1.54) is 50.6 Å². The zero-order valence-electron chi connectivity index (χ0n) is 15.3. The minimum absolute atomic E-state index is 0.133. The van der Waals surface area contributed by atoms with Crippen LogP contribution in [0.2, 0.25) is 0 Å². The van der Waals surface area contributed by atoms with Gasteiger partial charge < -0.3 is 10.6 Å². The Morgan fingerprint density at radius 1 is 1.15 bits per heavy atom. The van der Waals surface area contributed by atoms with E-state index in [4.69, 9.17) is 0 Å². The van der Waals surface area contributed by atoms with Crippen LogP contribution in [0.1, 0.15) is 35.6 Å². The van der Waals surface area contributed by atoms with E-state index in [-0.39, 0.29) is 46.7 Å². The van der Waals surface area contributed by atoms with Crippen molar-refractivity contribution in [2.24, 2.45) is 0 Å². The van der Waals surface area contributed by atoms with Gasteiger partial charge in [0.25, 0.3) is 0 Å². The Kier molecular flexibility index (Phi) is 5.69. The van der Waals surface area contributed by atoms with Gasteiger partial charge in [-0.1, -0.05) is 0 Å². The number of carbonyl (C=O) groups is 3. The minimum atomic E-state index is -0.538. The van der Waals surface area contributed by atoms with E-state index in [0.717, 1.165) is 0 Å². The number of carbonyl (C=O) groups excluding carboxylic acids is 3. The zero-order chi connectivity index (χ0) is 20.3. The Morgan fingerprint density at radius 2 is 1.78 bits per heavy atom. The van der Waals surface area contributed by atoms with Crippen molar-refractivity contribution in [1.29, 1.82) is 0 Å². The molecule has 1 heterocycles. The van der Waals surface area contributed by atoms with Gasteiger partial charge in [0.05, 0.1) is 10.6 Å². The molecule has 0 aliphatic carbocycles. The number of nitro groups is 1. The van der Waals surface area contributed by atoms with Crippen molar-refractivity contribution in [3.8, 4) is 0 Å². The van der Waals surface area contributed by atoms with Crippen LogP contribution in [0, 0.1) is 24.0 Å². The second-order valence-corrected chi connectivity index (χ2v) is 5.98. The SMILES string of the molecule is CC(=O)Nc1ccc(C(=O)Cn2nc(C)c([N+](=O)[O-])c2C)c(NC(C)=O)c1. The molecule has 0 bridgehead atoms. The molecule has 2 aromatic rings. The van der Waals surface area contributed by atoms with Gasteiger partial charge in [-0.15, -0.1) is 0 Å². The molecule has 1 aromatic carbocycles. The molecule has 0 aliphatic rings. The molecule has 0 spiro atoms. The standard InChI is InChI=1S/C17H19N5O5/c1-9-17(22(26)27)10(2)21(20-9)8-16(25)14-6-5-13(18-11(3)23)7-15(14)19-12(4)24/h5-7H,8H2,1-4H3,(H,18,23)(H,19,24). The van der Waals surface area contributed by atoms with Gasteiger partial charge in [-0.25, -0.2) is 0 Å². The van der Waals surface area contributed by atoms with E-state index in [2.05, 4.69) is 15.7 Å². The molecule has 0 fully saturated rings. The number of benzene rings is 1. The van der Waals surface area contributed by atoms with E-state index >= 15 is 0 Å². The molecule has 0 saturated heterocycles. The molecule has 0 unspecified atom stereocenters. The predicted molar refractivity (Wildman–Crippen MR) is 97.7 cm³/mol. The second kappa shape index (κ2) is 7.77. The zero-order valence-corrected chi connectivity index (χ0v) is 15.3. The third kappa shape index (κ3) is 4.54. The van der Waals surface area contributed by atoms with Crippen LogP contribution in [0.4, 0.5) is 17.1 Å². The Balaban J connectivity index is 2.38. The second-order valence-electron chi connectivity index (χ2n) is 5.98. The van der Waals surface area contributed by atoms with Crippen LogP contribution in [-0.2, 0) is 16.1 Å². The Labute approximate surface area is 154 Å². The molecular weight excluding hydrogens is 354 g/mol. The molecule has 0 radical (unpaired) electrons. The summed E-state index contributed by atoms with van der Waals surface area (Å²) in [7, 11) is 0. The molecule has 27 heavy (non-hydrogen) atoms. The number of aromatic nitrogens is 2. The van der Waals surface area contributed by atoms with Crippen molar-refractivity contribution in [1.82, 2.24) is 9.78 Å². The Bertz CT molecular complexity index is 947. The minimum Gasteiger partial charge on any atom is -0.326 e. The number of hydrogen-bond donors (Lipinski definition) is 2. The fourth-order valence-electron chi connectivity index (χ4n) is 2.69. The summed E-state index contributed by atoms with van der Waals surface area (Å²) in [6.07, 6.45) is 0. The summed E-state index contributed by atoms with van der Waals surface area (Å²) in [5.74, 6) is -1.07. The highest BCUT2D eigenvalue weighted by Crippen LogP contribution is 2.25. The quantitative estimate of drug-likeness (QED) is 0.452. The van der Waals surface area contributed by atoms with Gasteiger partial charge in [-0.05, 0) is 32.0 Å². The summed E-state index contributed by atoms with van der Waals surface area (Å²) in [5, 5.41) is 20.3.